The van der Waals surface area contributed by atoms with Gasteiger partial charge in [-0.1, -0.05) is 30.3 Å². The number of carbonyl (C=O) groups is 2. The van der Waals surface area contributed by atoms with Crippen molar-refractivity contribution in [3.8, 4) is 0 Å². The van der Waals surface area contributed by atoms with E-state index in [2.05, 4.69) is 5.32 Å². The van der Waals surface area contributed by atoms with Gasteiger partial charge in [-0.3, -0.25) is 9.69 Å². The smallest absolute Gasteiger partial charge is 0.407 e. The van der Waals surface area contributed by atoms with Crippen LogP contribution in [-0.4, -0.2) is 48.8 Å². The van der Waals surface area contributed by atoms with Crippen molar-refractivity contribution in [2.24, 2.45) is 0 Å². The van der Waals surface area contributed by atoms with Crippen LogP contribution in [0.2, 0.25) is 0 Å². The van der Waals surface area contributed by atoms with Gasteiger partial charge >= 0.3 is 12.1 Å². The molecule has 1 rings (SSSR count). The van der Waals surface area contributed by atoms with Gasteiger partial charge in [0.05, 0.1) is 13.2 Å². The fourth-order valence-corrected chi connectivity index (χ4v) is 2.08. The van der Waals surface area contributed by atoms with E-state index in [0.29, 0.717) is 26.2 Å². The van der Waals surface area contributed by atoms with E-state index in [1.807, 2.05) is 56.0 Å². The van der Waals surface area contributed by atoms with Gasteiger partial charge in [0.2, 0.25) is 0 Å². The highest BCUT2D eigenvalue weighted by Crippen LogP contribution is 2.07. The van der Waals surface area contributed by atoms with Gasteiger partial charge < -0.3 is 14.8 Å². The van der Waals surface area contributed by atoms with Crippen LogP contribution in [0.25, 0.3) is 0 Å². The molecule has 1 aromatic rings. The van der Waals surface area contributed by atoms with Gasteiger partial charge in [0.25, 0.3) is 0 Å². The number of esters is 1. The molecule has 0 heterocycles. The molecule has 1 aromatic carbocycles. The third-order valence-corrected chi connectivity index (χ3v) is 3.00. The van der Waals surface area contributed by atoms with Crippen LogP contribution < -0.4 is 5.32 Å². The van der Waals surface area contributed by atoms with Crippen LogP contribution in [0, 0.1) is 0 Å². The molecule has 0 radical (unpaired) electrons. The summed E-state index contributed by atoms with van der Waals surface area (Å²) < 4.78 is 10.2. The lowest BCUT2D eigenvalue weighted by Gasteiger charge is -2.23. The van der Waals surface area contributed by atoms with Gasteiger partial charge in [0, 0.05) is 19.6 Å². The van der Waals surface area contributed by atoms with Crippen LogP contribution >= 0.6 is 0 Å². The van der Waals surface area contributed by atoms with E-state index in [1.165, 1.54) is 0 Å². The zero-order valence-corrected chi connectivity index (χ0v) is 15.0. The second-order valence-corrected chi connectivity index (χ2v) is 6.43. The minimum atomic E-state index is -0.529. The van der Waals surface area contributed by atoms with E-state index in [1.54, 1.807) is 6.92 Å². The summed E-state index contributed by atoms with van der Waals surface area (Å²) in [4.78, 5) is 25.4. The Morgan fingerprint density at radius 3 is 2.42 bits per heavy atom. The first kappa shape index (κ1) is 20.0. The number of alkyl carbamates (subject to hydrolysis) is 1. The Labute approximate surface area is 144 Å². The molecule has 1 amide bonds. The highest BCUT2D eigenvalue weighted by molar-refractivity contribution is 5.71. The molecule has 0 fully saturated rings. The molecule has 0 aromatic heterocycles. The van der Waals surface area contributed by atoms with Crippen molar-refractivity contribution >= 4 is 12.1 Å². The van der Waals surface area contributed by atoms with Gasteiger partial charge in [0.15, 0.2) is 0 Å². The van der Waals surface area contributed by atoms with E-state index in [9.17, 15) is 9.59 Å². The molecule has 134 valence electrons. The van der Waals surface area contributed by atoms with Gasteiger partial charge in [0.1, 0.15) is 5.60 Å². The average molecular weight is 336 g/mol. The first-order valence-corrected chi connectivity index (χ1v) is 8.19. The summed E-state index contributed by atoms with van der Waals surface area (Å²) >= 11 is 0. The van der Waals surface area contributed by atoms with Gasteiger partial charge in [-0.15, -0.1) is 0 Å². The summed E-state index contributed by atoms with van der Waals surface area (Å²) in [5, 5.41) is 2.71. The monoisotopic (exact) mass is 336 g/mol. The number of rotatable bonds is 8. The average Bonchev–Trinajstić information content (AvgIpc) is 2.46. The summed E-state index contributed by atoms with van der Waals surface area (Å²) in [5.74, 6) is -0.273. The fourth-order valence-electron chi connectivity index (χ4n) is 2.08. The topological polar surface area (TPSA) is 67.9 Å². The van der Waals surface area contributed by atoms with Crippen molar-refractivity contribution in [3.63, 3.8) is 0 Å². The van der Waals surface area contributed by atoms with Crippen molar-refractivity contribution in [2.75, 3.05) is 26.2 Å². The maximum absolute atomic E-state index is 11.8. The molecule has 6 nitrogen and oxygen atoms in total. The predicted octanol–water partition coefficient (Wildman–Crippen LogP) is 2.58. The lowest BCUT2D eigenvalue weighted by atomic mass is 10.2. The van der Waals surface area contributed by atoms with Crippen molar-refractivity contribution in [2.45, 2.75) is 39.8 Å². The normalized spacial score (nSPS) is 11.2. The molecule has 6 heteroatoms. The van der Waals surface area contributed by atoms with Crippen LogP contribution in [0.3, 0.4) is 0 Å². The number of benzene rings is 1. The summed E-state index contributed by atoms with van der Waals surface area (Å²) in [5.41, 5.74) is 0.567. The van der Waals surface area contributed by atoms with Crippen molar-refractivity contribution < 1.29 is 19.1 Å². The third kappa shape index (κ3) is 9.15. The van der Waals surface area contributed by atoms with E-state index in [0.717, 1.165) is 5.56 Å². The lowest BCUT2D eigenvalue weighted by molar-refractivity contribution is -0.144. The van der Waals surface area contributed by atoms with E-state index in [-0.39, 0.29) is 12.5 Å². The lowest BCUT2D eigenvalue weighted by Crippen LogP contribution is -2.39. The quantitative estimate of drug-likeness (QED) is 0.739. The van der Waals surface area contributed by atoms with Gasteiger partial charge in [-0.05, 0) is 33.3 Å². The Kier molecular flexibility index (Phi) is 8.26. The maximum atomic E-state index is 11.8. The number of nitrogens with zero attached hydrogens (tertiary/aromatic N) is 1. The molecule has 0 unspecified atom stereocenters. The molecular weight excluding hydrogens is 308 g/mol. The molecule has 1 N–H and O–H groups in total. The minimum Gasteiger partial charge on any atom is -0.465 e. The molecule has 0 saturated carbocycles. The summed E-state index contributed by atoms with van der Waals surface area (Å²) in [6, 6.07) is 9.86. The Morgan fingerprint density at radius 2 is 1.83 bits per heavy atom. The molecule has 0 atom stereocenters. The molecule has 0 aliphatic carbocycles. The number of hydrogen-bond acceptors (Lipinski definition) is 5. The fraction of sp³-hybridized carbons (Fsp3) is 0.556. The zero-order valence-electron chi connectivity index (χ0n) is 15.0. The highest BCUT2D eigenvalue weighted by atomic mass is 16.6. The summed E-state index contributed by atoms with van der Waals surface area (Å²) in [7, 11) is 0. The van der Waals surface area contributed by atoms with E-state index >= 15 is 0 Å². The maximum Gasteiger partial charge on any atom is 0.407 e. The number of nitrogens with one attached hydrogen (secondary N) is 1. The predicted molar refractivity (Wildman–Crippen MR) is 92.6 cm³/mol. The van der Waals surface area contributed by atoms with Crippen LogP contribution in [0.4, 0.5) is 4.79 Å². The first-order valence-electron chi connectivity index (χ1n) is 8.19. The Balaban J connectivity index is 2.52. The van der Waals surface area contributed by atoms with Gasteiger partial charge in [-0.25, -0.2) is 4.79 Å². The molecule has 0 saturated heterocycles. The SMILES string of the molecule is CCOC(=O)CN(CCNC(=O)OC(C)(C)C)Cc1ccccc1. The van der Waals surface area contributed by atoms with Crippen LogP contribution in [0.1, 0.15) is 33.3 Å². The van der Waals surface area contributed by atoms with Crippen molar-refractivity contribution in [3.05, 3.63) is 35.9 Å². The Bertz CT molecular complexity index is 512. The van der Waals surface area contributed by atoms with Crippen LogP contribution in [-0.2, 0) is 20.8 Å². The Morgan fingerprint density at radius 1 is 1.17 bits per heavy atom. The zero-order chi connectivity index (χ0) is 18.0. The van der Waals surface area contributed by atoms with Crippen LogP contribution in [0.15, 0.2) is 30.3 Å². The molecule has 24 heavy (non-hydrogen) atoms. The van der Waals surface area contributed by atoms with Crippen molar-refractivity contribution in [1.82, 2.24) is 10.2 Å². The standard InChI is InChI=1S/C18H28N2O4/c1-5-23-16(21)14-20(13-15-9-7-6-8-10-15)12-11-19-17(22)24-18(2,3)4/h6-10H,5,11-14H2,1-4H3,(H,19,22). The van der Waals surface area contributed by atoms with E-state index < -0.39 is 11.7 Å². The summed E-state index contributed by atoms with van der Waals surface area (Å²) in [6.45, 7) is 9.28. The number of amides is 1. The molecule has 0 aliphatic heterocycles. The second kappa shape index (κ2) is 9.93. The minimum absolute atomic E-state index is 0.179. The molecule has 0 bridgehead atoms. The Hall–Kier alpha value is -2.08. The molecular formula is C18H28N2O4. The third-order valence-electron chi connectivity index (χ3n) is 3.00. The van der Waals surface area contributed by atoms with Crippen LogP contribution in [0.5, 0.6) is 0 Å². The molecule has 0 aliphatic rings. The number of ether oxygens (including phenoxy) is 2. The summed E-state index contributed by atoms with van der Waals surface area (Å²) in [6.07, 6.45) is -0.460. The number of hydrogen-bond donors (Lipinski definition) is 1. The second-order valence-electron chi connectivity index (χ2n) is 6.43. The number of carbonyl (C=O) groups excluding carboxylic acids is 2. The first-order chi connectivity index (χ1) is 11.3. The van der Waals surface area contributed by atoms with Gasteiger partial charge in [-0.2, -0.15) is 0 Å². The van der Waals surface area contributed by atoms with Crippen molar-refractivity contribution in [1.29, 1.82) is 0 Å². The largest absolute Gasteiger partial charge is 0.465 e. The van der Waals surface area contributed by atoms with E-state index in [4.69, 9.17) is 9.47 Å². The highest BCUT2D eigenvalue weighted by Gasteiger charge is 2.17. The molecule has 0 spiro atoms.